The fraction of sp³-hybridized carbons (Fsp3) is 0.632. The van der Waals surface area contributed by atoms with Gasteiger partial charge >= 0.3 is 0 Å². The number of piperazine rings is 1. The number of hydrogen-bond donors (Lipinski definition) is 1. The molecular weight excluding hydrogens is 396 g/mol. The summed E-state index contributed by atoms with van der Waals surface area (Å²) in [7, 11) is -3.40. The highest BCUT2D eigenvalue weighted by Crippen LogP contribution is 2.34. The topological polar surface area (TPSA) is 91.4 Å². The van der Waals surface area contributed by atoms with Crippen molar-refractivity contribution in [1.29, 1.82) is 0 Å². The number of fused-ring (bicyclic) bond motifs is 1. The summed E-state index contributed by atoms with van der Waals surface area (Å²) in [6, 6.07) is 5.29. The van der Waals surface area contributed by atoms with Gasteiger partial charge in [-0.2, -0.15) is 17.0 Å². The standard InChI is InChI=1S/C19H28N4O5S/c24-19(20-16-5-6-17-18(13-16)28-15-27-17)14-21-9-11-23(12-10-21)29(25,26)22-7-3-1-2-4-8-22/h5-6,13H,1-4,7-12,14-15H2,(H,20,24). The number of hydrogen-bond acceptors (Lipinski definition) is 6. The molecule has 3 aliphatic rings. The van der Waals surface area contributed by atoms with E-state index in [1.165, 1.54) is 0 Å². The third-order valence-corrected chi connectivity index (χ3v) is 7.61. The van der Waals surface area contributed by atoms with E-state index in [9.17, 15) is 13.2 Å². The summed E-state index contributed by atoms with van der Waals surface area (Å²) in [5.74, 6) is 1.16. The molecule has 0 radical (unpaired) electrons. The number of nitrogens with zero attached hydrogens (tertiary/aromatic N) is 3. The summed E-state index contributed by atoms with van der Waals surface area (Å²) in [5.41, 5.74) is 0.654. The first kappa shape index (κ1) is 20.4. The summed E-state index contributed by atoms with van der Waals surface area (Å²) in [5, 5.41) is 2.86. The molecule has 1 amide bonds. The summed E-state index contributed by atoms with van der Waals surface area (Å²) in [6.07, 6.45) is 4.05. The number of nitrogens with one attached hydrogen (secondary N) is 1. The number of benzene rings is 1. The molecule has 0 aromatic heterocycles. The summed E-state index contributed by atoms with van der Waals surface area (Å²) in [6.45, 7) is 3.56. The number of ether oxygens (including phenoxy) is 2. The highest BCUT2D eigenvalue weighted by Gasteiger charge is 2.32. The van der Waals surface area contributed by atoms with Crippen molar-refractivity contribution >= 4 is 21.8 Å². The molecule has 10 heteroatoms. The zero-order chi connectivity index (χ0) is 20.3. The molecule has 2 fully saturated rings. The largest absolute Gasteiger partial charge is 0.454 e. The Kier molecular flexibility index (Phi) is 6.23. The van der Waals surface area contributed by atoms with Crippen LogP contribution in [0.5, 0.6) is 11.5 Å². The molecule has 4 rings (SSSR count). The number of amides is 1. The van der Waals surface area contributed by atoms with Crippen LogP contribution in [0.25, 0.3) is 0 Å². The Hall–Kier alpha value is -1.88. The quantitative estimate of drug-likeness (QED) is 0.761. The van der Waals surface area contributed by atoms with Crippen LogP contribution in [0.1, 0.15) is 25.7 Å². The van der Waals surface area contributed by atoms with E-state index in [-0.39, 0.29) is 19.2 Å². The lowest BCUT2D eigenvalue weighted by molar-refractivity contribution is -0.117. The molecule has 0 bridgehead atoms. The Balaban J connectivity index is 1.26. The van der Waals surface area contributed by atoms with Crippen molar-refractivity contribution < 1.29 is 22.7 Å². The van der Waals surface area contributed by atoms with E-state index in [4.69, 9.17) is 9.47 Å². The lowest BCUT2D eigenvalue weighted by Gasteiger charge is -2.36. The van der Waals surface area contributed by atoms with Gasteiger partial charge in [-0.05, 0) is 25.0 Å². The fourth-order valence-corrected chi connectivity index (χ4v) is 5.60. The van der Waals surface area contributed by atoms with Crippen molar-refractivity contribution in [2.75, 3.05) is 57.9 Å². The second-order valence-corrected chi connectivity index (χ2v) is 9.54. The average Bonchev–Trinajstić information content (AvgIpc) is 2.99. The minimum atomic E-state index is -3.40. The highest BCUT2D eigenvalue weighted by atomic mass is 32.2. The van der Waals surface area contributed by atoms with Crippen molar-refractivity contribution in [1.82, 2.24) is 13.5 Å². The maximum atomic E-state index is 12.9. The van der Waals surface area contributed by atoms with Crippen molar-refractivity contribution in [2.45, 2.75) is 25.7 Å². The SMILES string of the molecule is O=C(CN1CCN(S(=O)(=O)N2CCCCCC2)CC1)Nc1ccc2c(c1)OCO2. The molecule has 3 aliphatic heterocycles. The zero-order valence-electron chi connectivity index (χ0n) is 16.5. The molecule has 0 aliphatic carbocycles. The fourth-order valence-electron chi connectivity index (χ4n) is 3.93. The van der Waals surface area contributed by atoms with Crippen LogP contribution in [0.15, 0.2) is 18.2 Å². The number of carbonyl (C=O) groups is 1. The van der Waals surface area contributed by atoms with Crippen LogP contribution in [0.4, 0.5) is 5.69 Å². The molecule has 0 saturated carbocycles. The van der Waals surface area contributed by atoms with Gasteiger partial charge in [-0.15, -0.1) is 0 Å². The highest BCUT2D eigenvalue weighted by molar-refractivity contribution is 7.86. The van der Waals surface area contributed by atoms with Crippen LogP contribution < -0.4 is 14.8 Å². The van der Waals surface area contributed by atoms with E-state index < -0.39 is 10.2 Å². The average molecular weight is 425 g/mol. The summed E-state index contributed by atoms with van der Waals surface area (Å²) in [4.78, 5) is 14.4. The Morgan fingerprint density at radius 2 is 1.55 bits per heavy atom. The molecule has 29 heavy (non-hydrogen) atoms. The van der Waals surface area contributed by atoms with Gasteiger partial charge in [0.2, 0.25) is 12.7 Å². The molecule has 3 heterocycles. The molecule has 0 unspecified atom stereocenters. The molecule has 1 aromatic carbocycles. The molecule has 2 saturated heterocycles. The van der Waals surface area contributed by atoms with Crippen LogP contribution in [-0.4, -0.2) is 80.4 Å². The van der Waals surface area contributed by atoms with Crippen LogP contribution >= 0.6 is 0 Å². The van der Waals surface area contributed by atoms with E-state index in [0.29, 0.717) is 56.5 Å². The molecule has 160 valence electrons. The minimum Gasteiger partial charge on any atom is -0.454 e. The zero-order valence-corrected chi connectivity index (χ0v) is 17.3. The number of anilines is 1. The second-order valence-electron chi connectivity index (χ2n) is 7.61. The van der Waals surface area contributed by atoms with E-state index in [1.807, 2.05) is 4.90 Å². The Labute approximate surface area is 171 Å². The van der Waals surface area contributed by atoms with E-state index in [0.717, 1.165) is 25.7 Å². The molecule has 1 N–H and O–H groups in total. The molecular formula is C19H28N4O5S. The Morgan fingerprint density at radius 1 is 0.897 bits per heavy atom. The van der Waals surface area contributed by atoms with E-state index in [1.54, 1.807) is 26.8 Å². The van der Waals surface area contributed by atoms with Gasteiger partial charge in [0.25, 0.3) is 10.2 Å². The normalized spacial score (nSPS) is 21.7. The van der Waals surface area contributed by atoms with Gasteiger partial charge in [-0.1, -0.05) is 12.8 Å². The predicted octanol–water partition coefficient (Wildman–Crippen LogP) is 1.09. The second kappa shape index (κ2) is 8.86. The third-order valence-electron chi connectivity index (χ3n) is 5.57. The number of carbonyl (C=O) groups excluding carboxylic acids is 1. The smallest absolute Gasteiger partial charge is 0.282 e. The van der Waals surface area contributed by atoms with Crippen molar-refractivity contribution in [2.24, 2.45) is 0 Å². The van der Waals surface area contributed by atoms with Gasteiger partial charge in [-0.3, -0.25) is 9.69 Å². The summed E-state index contributed by atoms with van der Waals surface area (Å²) >= 11 is 0. The first-order valence-corrected chi connectivity index (χ1v) is 11.6. The van der Waals surface area contributed by atoms with Gasteiger partial charge in [0, 0.05) is 51.0 Å². The van der Waals surface area contributed by atoms with Gasteiger partial charge in [0.15, 0.2) is 11.5 Å². The molecule has 0 spiro atoms. The minimum absolute atomic E-state index is 0.132. The molecule has 9 nitrogen and oxygen atoms in total. The summed E-state index contributed by atoms with van der Waals surface area (Å²) < 4.78 is 39.6. The Morgan fingerprint density at radius 3 is 2.28 bits per heavy atom. The van der Waals surface area contributed by atoms with Crippen LogP contribution in [0.2, 0.25) is 0 Å². The lowest BCUT2D eigenvalue weighted by Crippen LogP contribution is -2.54. The van der Waals surface area contributed by atoms with Gasteiger partial charge in [0.05, 0.1) is 6.54 Å². The predicted molar refractivity (Wildman–Crippen MR) is 108 cm³/mol. The number of rotatable bonds is 5. The monoisotopic (exact) mass is 424 g/mol. The van der Waals surface area contributed by atoms with Crippen LogP contribution in [0, 0.1) is 0 Å². The van der Waals surface area contributed by atoms with Gasteiger partial charge in [-0.25, -0.2) is 0 Å². The molecule has 1 aromatic rings. The van der Waals surface area contributed by atoms with Gasteiger partial charge < -0.3 is 14.8 Å². The van der Waals surface area contributed by atoms with Crippen molar-refractivity contribution in [3.05, 3.63) is 18.2 Å². The third kappa shape index (κ3) is 4.82. The van der Waals surface area contributed by atoms with Crippen molar-refractivity contribution in [3.8, 4) is 11.5 Å². The van der Waals surface area contributed by atoms with Crippen LogP contribution in [-0.2, 0) is 15.0 Å². The lowest BCUT2D eigenvalue weighted by atomic mass is 10.2. The van der Waals surface area contributed by atoms with Gasteiger partial charge in [0.1, 0.15) is 0 Å². The maximum absolute atomic E-state index is 12.9. The van der Waals surface area contributed by atoms with Crippen LogP contribution in [0.3, 0.4) is 0 Å². The van der Waals surface area contributed by atoms with E-state index in [2.05, 4.69) is 5.32 Å². The molecule has 0 atom stereocenters. The first-order valence-electron chi connectivity index (χ1n) is 10.2. The Bertz CT molecular complexity index is 831. The maximum Gasteiger partial charge on any atom is 0.282 e. The first-order chi connectivity index (χ1) is 14.0. The van der Waals surface area contributed by atoms with Crippen molar-refractivity contribution in [3.63, 3.8) is 0 Å². The van der Waals surface area contributed by atoms with E-state index >= 15 is 0 Å².